The van der Waals surface area contributed by atoms with Crippen LogP contribution in [0.1, 0.15) is 46.5 Å². The number of nitrogens with zero attached hydrogens (tertiary/aromatic N) is 2. The summed E-state index contributed by atoms with van der Waals surface area (Å²) in [5.41, 5.74) is 1.07. The zero-order valence-electron chi connectivity index (χ0n) is 14.2. The molecule has 136 valence electrons. The highest BCUT2D eigenvalue weighted by molar-refractivity contribution is 6.36. The van der Waals surface area contributed by atoms with Crippen LogP contribution in [0.15, 0.2) is 36.5 Å². The van der Waals surface area contributed by atoms with Gasteiger partial charge in [0.1, 0.15) is 5.69 Å². The maximum Gasteiger partial charge on any atom is 0.274 e. The lowest BCUT2D eigenvalue weighted by molar-refractivity contribution is 0.0761. The molecule has 7 heteroatoms. The normalized spacial score (nSPS) is 14.6. The summed E-state index contributed by atoms with van der Waals surface area (Å²) in [4.78, 5) is 31.1. The predicted octanol–water partition coefficient (Wildman–Crippen LogP) is 4.66. The number of nitrogens with one attached hydrogen (secondary N) is 1. The maximum absolute atomic E-state index is 12.7. The van der Waals surface area contributed by atoms with E-state index in [-0.39, 0.29) is 11.6 Å². The molecule has 3 rings (SSSR count). The van der Waals surface area contributed by atoms with Crippen molar-refractivity contribution in [1.82, 2.24) is 9.88 Å². The number of carbonyl (C=O) groups excluding carboxylic acids is 2. The number of amides is 2. The number of likely N-dealkylation sites (tertiary alicyclic amines) is 1. The summed E-state index contributed by atoms with van der Waals surface area (Å²) < 4.78 is 0. The zero-order chi connectivity index (χ0) is 18.5. The standard InChI is InChI=1S/C19H19Cl2N3O2/c20-14-5-6-16(15(21)12-14)23-18(25)17-11-13(7-8-22-17)19(26)24-9-3-1-2-4-10-24/h5-8,11-12H,1-4,9-10H2,(H,23,25). The van der Waals surface area contributed by atoms with Crippen molar-refractivity contribution in [2.75, 3.05) is 18.4 Å². The van der Waals surface area contributed by atoms with Gasteiger partial charge in [0.05, 0.1) is 10.7 Å². The molecule has 0 bridgehead atoms. The summed E-state index contributed by atoms with van der Waals surface area (Å²) in [6.45, 7) is 1.51. The molecule has 0 atom stereocenters. The number of halogens is 2. The van der Waals surface area contributed by atoms with Crippen LogP contribution in [0.4, 0.5) is 5.69 Å². The molecule has 1 aromatic heterocycles. The number of rotatable bonds is 3. The summed E-state index contributed by atoms with van der Waals surface area (Å²) >= 11 is 11.9. The minimum atomic E-state index is -0.431. The molecule has 2 aromatic rings. The summed E-state index contributed by atoms with van der Waals surface area (Å²) in [6, 6.07) is 7.96. The minimum Gasteiger partial charge on any atom is -0.339 e. The van der Waals surface area contributed by atoms with Crippen LogP contribution in [0.2, 0.25) is 10.0 Å². The fourth-order valence-corrected chi connectivity index (χ4v) is 3.38. The lowest BCUT2D eigenvalue weighted by atomic mass is 10.2. The van der Waals surface area contributed by atoms with Crippen molar-refractivity contribution in [3.8, 4) is 0 Å². The molecule has 2 heterocycles. The van der Waals surface area contributed by atoms with Gasteiger partial charge in [-0.15, -0.1) is 0 Å². The Morgan fingerprint density at radius 3 is 2.42 bits per heavy atom. The van der Waals surface area contributed by atoms with Crippen LogP contribution in [0.5, 0.6) is 0 Å². The average molecular weight is 392 g/mol. The van der Waals surface area contributed by atoms with Gasteiger partial charge in [-0.2, -0.15) is 0 Å². The molecule has 0 saturated carbocycles. The van der Waals surface area contributed by atoms with Crippen molar-refractivity contribution >= 4 is 40.7 Å². The third-order valence-corrected chi connectivity index (χ3v) is 4.86. The number of anilines is 1. The second-order valence-electron chi connectivity index (χ2n) is 6.21. The number of aromatic nitrogens is 1. The summed E-state index contributed by atoms with van der Waals surface area (Å²) in [6.07, 6.45) is 5.80. The van der Waals surface area contributed by atoms with Gasteiger partial charge in [0, 0.05) is 29.9 Å². The van der Waals surface area contributed by atoms with Gasteiger partial charge < -0.3 is 10.2 Å². The Bertz CT molecular complexity index is 818. The zero-order valence-corrected chi connectivity index (χ0v) is 15.7. The fourth-order valence-electron chi connectivity index (χ4n) is 2.92. The molecule has 0 aliphatic carbocycles. The Balaban J connectivity index is 1.75. The van der Waals surface area contributed by atoms with Crippen LogP contribution >= 0.6 is 23.2 Å². The molecule has 26 heavy (non-hydrogen) atoms. The molecular weight excluding hydrogens is 373 g/mol. The van der Waals surface area contributed by atoms with Gasteiger partial charge in [0.15, 0.2) is 0 Å². The molecule has 1 fully saturated rings. The summed E-state index contributed by atoms with van der Waals surface area (Å²) in [5, 5.41) is 3.51. The Kier molecular flexibility index (Phi) is 6.12. The molecule has 0 unspecified atom stereocenters. The molecule has 1 aromatic carbocycles. The summed E-state index contributed by atoms with van der Waals surface area (Å²) in [5.74, 6) is -0.493. The van der Waals surface area contributed by atoms with Crippen molar-refractivity contribution in [2.24, 2.45) is 0 Å². The van der Waals surface area contributed by atoms with Gasteiger partial charge in [-0.3, -0.25) is 14.6 Å². The first-order chi connectivity index (χ1) is 12.5. The van der Waals surface area contributed by atoms with E-state index in [0.29, 0.717) is 21.3 Å². The highest BCUT2D eigenvalue weighted by Gasteiger charge is 2.19. The molecule has 0 radical (unpaired) electrons. The van der Waals surface area contributed by atoms with Crippen molar-refractivity contribution in [3.05, 3.63) is 57.8 Å². The van der Waals surface area contributed by atoms with Crippen LogP contribution in [0, 0.1) is 0 Å². The number of pyridine rings is 1. The Morgan fingerprint density at radius 1 is 1.00 bits per heavy atom. The Labute approximate surface area is 162 Å². The van der Waals surface area contributed by atoms with Crippen molar-refractivity contribution < 1.29 is 9.59 Å². The second kappa shape index (κ2) is 8.52. The van der Waals surface area contributed by atoms with Crippen molar-refractivity contribution in [3.63, 3.8) is 0 Å². The quantitative estimate of drug-likeness (QED) is 0.827. The molecule has 1 saturated heterocycles. The molecule has 1 aliphatic heterocycles. The van der Waals surface area contributed by atoms with E-state index in [0.717, 1.165) is 38.8 Å². The van der Waals surface area contributed by atoms with Crippen LogP contribution in [0.25, 0.3) is 0 Å². The average Bonchev–Trinajstić information content (AvgIpc) is 2.93. The van der Waals surface area contributed by atoms with Gasteiger partial charge in [0.2, 0.25) is 0 Å². The minimum absolute atomic E-state index is 0.0622. The van der Waals surface area contributed by atoms with E-state index in [9.17, 15) is 9.59 Å². The third-order valence-electron chi connectivity index (χ3n) is 4.31. The summed E-state index contributed by atoms with van der Waals surface area (Å²) in [7, 11) is 0. The number of hydrogen-bond donors (Lipinski definition) is 1. The van der Waals surface area contributed by atoms with E-state index in [1.54, 1.807) is 24.3 Å². The Hall–Kier alpha value is -2.11. The van der Waals surface area contributed by atoms with E-state index in [2.05, 4.69) is 10.3 Å². The fraction of sp³-hybridized carbons (Fsp3) is 0.316. The topological polar surface area (TPSA) is 62.3 Å². The second-order valence-corrected chi connectivity index (χ2v) is 7.06. The van der Waals surface area contributed by atoms with E-state index in [1.165, 1.54) is 12.3 Å². The third kappa shape index (κ3) is 4.54. The molecule has 2 amide bonds. The van der Waals surface area contributed by atoms with E-state index in [4.69, 9.17) is 23.2 Å². The van der Waals surface area contributed by atoms with Crippen LogP contribution in [0.3, 0.4) is 0 Å². The number of benzene rings is 1. The monoisotopic (exact) mass is 391 g/mol. The van der Waals surface area contributed by atoms with Gasteiger partial charge in [-0.25, -0.2) is 0 Å². The van der Waals surface area contributed by atoms with Gasteiger partial charge in [-0.1, -0.05) is 36.0 Å². The van der Waals surface area contributed by atoms with E-state index >= 15 is 0 Å². The smallest absolute Gasteiger partial charge is 0.274 e. The number of carbonyl (C=O) groups is 2. The van der Waals surface area contributed by atoms with E-state index in [1.807, 2.05) is 4.90 Å². The van der Waals surface area contributed by atoms with Gasteiger partial charge in [0.25, 0.3) is 11.8 Å². The Morgan fingerprint density at radius 2 is 1.73 bits per heavy atom. The number of hydrogen-bond acceptors (Lipinski definition) is 3. The lowest BCUT2D eigenvalue weighted by Gasteiger charge is -2.20. The maximum atomic E-state index is 12.7. The highest BCUT2D eigenvalue weighted by Crippen LogP contribution is 2.25. The first-order valence-corrected chi connectivity index (χ1v) is 9.32. The van der Waals surface area contributed by atoms with Gasteiger partial charge in [-0.05, 0) is 43.2 Å². The van der Waals surface area contributed by atoms with Crippen LogP contribution in [-0.2, 0) is 0 Å². The van der Waals surface area contributed by atoms with E-state index < -0.39 is 5.91 Å². The molecule has 1 N–H and O–H groups in total. The molecule has 5 nitrogen and oxygen atoms in total. The van der Waals surface area contributed by atoms with Crippen molar-refractivity contribution in [2.45, 2.75) is 25.7 Å². The molecule has 1 aliphatic rings. The first kappa shape index (κ1) is 18.7. The lowest BCUT2D eigenvalue weighted by Crippen LogP contribution is -2.32. The SMILES string of the molecule is O=C(Nc1ccc(Cl)cc1Cl)c1cc(C(=O)N2CCCCCC2)ccn1. The highest BCUT2D eigenvalue weighted by atomic mass is 35.5. The first-order valence-electron chi connectivity index (χ1n) is 8.56. The molecule has 0 spiro atoms. The van der Waals surface area contributed by atoms with Crippen molar-refractivity contribution in [1.29, 1.82) is 0 Å². The van der Waals surface area contributed by atoms with Crippen LogP contribution in [-0.4, -0.2) is 34.8 Å². The predicted molar refractivity (Wildman–Crippen MR) is 103 cm³/mol. The van der Waals surface area contributed by atoms with Crippen LogP contribution < -0.4 is 5.32 Å². The van der Waals surface area contributed by atoms with Gasteiger partial charge >= 0.3 is 0 Å². The largest absolute Gasteiger partial charge is 0.339 e. The molecular formula is C19H19Cl2N3O2.